The summed E-state index contributed by atoms with van der Waals surface area (Å²) in [6, 6.07) is 15.4. The Labute approximate surface area is 215 Å². The number of hydrogen-bond donors (Lipinski definition) is 3. The topological polar surface area (TPSA) is 114 Å². The van der Waals surface area contributed by atoms with Crippen molar-refractivity contribution in [1.82, 2.24) is 20.0 Å². The van der Waals surface area contributed by atoms with Crippen molar-refractivity contribution >= 4 is 23.1 Å². The minimum atomic E-state index is -4.43. The molecule has 0 spiro atoms. The van der Waals surface area contributed by atoms with E-state index in [1.807, 2.05) is 17.0 Å². The number of anilines is 3. The van der Waals surface area contributed by atoms with Crippen LogP contribution in [0.1, 0.15) is 17.7 Å². The molecule has 9 nitrogen and oxygen atoms in total. The standard InChI is InChI=1S/C26H23F3N8O/c27-26(28,29)16-4-1-3-15(9-16)21-7-8-22-24(33-21)31-18-11-23(36(22)13-18)25(38)32-17-5-2-6-20(10-17)37-14-19(12-30)34-35-37/h1-10,14,18,23H,11-13,30H2,(H,31,33)(H,32,38)/t18-,23?/m0/s1. The predicted octanol–water partition coefficient (Wildman–Crippen LogP) is 3.82. The quantitative estimate of drug-likeness (QED) is 0.367. The van der Waals surface area contributed by atoms with Crippen molar-refractivity contribution < 1.29 is 18.0 Å². The molecular weight excluding hydrogens is 497 g/mol. The third-order valence-electron chi connectivity index (χ3n) is 6.74. The van der Waals surface area contributed by atoms with Crippen molar-refractivity contribution in [2.24, 2.45) is 5.73 Å². The number of halogens is 3. The fourth-order valence-corrected chi connectivity index (χ4v) is 4.92. The van der Waals surface area contributed by atoms with Crippen LogP contribution < -0.4 is 21.3 Å². The second-order valence-electron chi connectivity index (χ2n) is 9.29. The monoisotopic (exact) mass is 520 g/mol. The van der Waals surface area contributed by atoms with E-state index in [0.29, 0.717) is 41.4 Å². The molecule has 2 atom stereocenters. The lowest BCUT2D eigenvalue weighted by molar-refractivity contribution is -0.137. The van der Waals surface area contributed by atoms with Gasteiger partial charge in [0.05, 0.1) is 34.5 Å². The van der Waals surface area contributed by atoms with E-state index in [2.05, 4.69) is 25.9 Å². The summed E-state index contributed by atoms with van der Waals surface area (Å²) < 4.78 is 41.1. The number of fused-ring (bicyclic) bond motifs is 4. The number of alkyl halides is 3. The normalized spacial score (nSPS) is 18.2. The van der Waals surface area contributed by atoms with Gasteiger partial charge in [-0.25, -0.2) is 9.67 Å². The number of pyridine rings is 1. The Bertz CT molecular complexity index is 1520. The molecule has 12 heteroatoms. The number of nitrogens with two attached hydrogens (primary N) is 1. The number of carbonyl (C=O) groups excluding carboxylic acids is 1. The Morgan fingerprint density at radius 2 is 1.97 bits per heavy atom. The molecule has 38 heavy (non-hydrogen) atoms. The third-order valence-corrected chi connectivity index (χ3v) is 6.74. The van der Waals surface area contributed by atoms with Crippen LogP contribution in [0.3, 0.4) is 0 Å². The average Bonchev–Trinajstić information content (AvgIpc) is 3.53. The Balaban J connectivity index is 1.22. The predicted molar refractivity (Wildman–Crippen MR) is 136 cm³/mol. The van der Waals surface area contributed by atoms with Crippen molar-refractivity contribution in [1.29, 1.82) is 0 Å². The summed E-state index contributed by atoms with van der Waals surface area (Å²) in [5, 5.41) is 14.4. The number of carbonyl (C=O) groups is 1. The highest BCUT2D eigenvalue weighted by Gasteiger charge is 2.42. The summed E-state index contributed by atoms with van der Waals surface area (Å²) in [4.78, 5) is 19.9. The highest BCUT2D eigenvalue weighted by atomic mass is 19.4. The van der Waals surface area contributed by atoms with Gasteiger partial charge in [0.1, 0.15) is 6.04 Å². The van der Waals surface area contributed by atoms with E-state index in [1.165, 1.54) is 6.07 Å². The number of rotatable bonds is 5. The molecule has 0 saturated carbocycles. The van der Waals surface area contributed by atoms with Crippen molar-refractivity contribution in [2.75, 3.05) is 22.1 Å². The van der Waals surface area contributed by atoms with Gasteiger partial charge in [-0.1, -0.05) is 23.4 Å². The van der Waals surface area contributed by atoms with Gasteiger partial charge in [-0.3, -0.25) is 4.79 Å². The maximum Gasteiger partial charge on any atom is 0.416 e. The molecule has 2 aromatic carbocycles. The third kappa shape index (κ3) is 4.43. The van der Waals surface area contributed by atoms with Gasteiger partial charge >= 0.3 is 6.18 Å². The Hall–Kier alpha value is -4.45. The Morgan fingerprint density at radius 1 is 1.13 bits per heavy atom. The molecule has 2 aliphatic heterocycles. The van der Waals surface area contributed by atoms with Crippen LogP contribution >= 0.6 is 0 Å². The highest BCUT2D eigenvalue weighted by Crippen LogP contribution is 2.40. The van der Waals surface area contributed by atoms with E-state index >= 15 is 0 Å². The van der Waals surface area contributed by atoms with Crippen molar-refractivity contribution in [2.45, 2.75) is 31.2 Å². The molecule has 0 aliphatic carbocycles. The zero-order valence-electron chi connectivity index (χ0n) is 20.0. The molecule has 4 N–H and O–H groups in total. The van der Waals surface area contributed by atoms with E-state index in [9.17, 15) is 18.0 Å². The number of benzene rings is 2. The van der Waals surface area contributed by atoms with Gasteiger partial charge in [-0.15, -0.1) is 5.10 Å². The van der Waals surface area contributed by atoms with E-state index in [1.54, 1.807) is 41.2 Å². The molecule has 1 amide bonds. The second kappa shape index (κ2) is 9.14. The molecule has 2 bridgehead atoms. The van der Waals surface area contributed by atoms with Gasteiger partial charge < -0.3 is 21.3 Å². The molecule has 6 rings (SSSR count). The molecule has 2 aliphatic rings. The molecule has 2 aromatic heterocycles. The summed E-state index contributed by atoms with van der Waals surface area (Å²) in [5.74, 6) is 0.387. The molecule has 4 aromatic rings. The van der Waals surface area contributed by atoms with Gasteiger partial charge in [0.15, 0.2) is 5.82 Å². The van der Waals surface area contributed by atoms with Gasteiger partial charge in [0.25, 0.3) is 0 Å². The molecule has 1 saturated heterocycles. The maximum atomic E-state index is 13.3. The summed E-state index contributed by atoms with van der Waals surface area (Å²) in [5.41, 5.74) is 8.43. The van der Waals surface area contributed by atoms with Crippen LogP contribution in [0.5, 0.6) is 0 Å². The second-order valence-corrected chi connectivity index (χ2v) is 9.29. The first-order valence-electron chi connectivity index (χ1n) is 12.0. The highest BCUT2D eigenvalue weighted by molar-refractivity contribution is 5.98. The smallest absolute Gasteiger partial charge is 0.364 e. The van der Waals surface area contributed by atoms with E-state index in [0.717, 1.165) is 23.5 Å². The maximum absolute atomic E-state index is 13.3. The van der Waals surface area contributed by atoms with Gasteiger partial charge in [0.2, 0.25) is 5.91 Å². The van der Waals surface area contributed by atoms with Crippen molar-refractivity contribution in [3.63, 3.8) is 0 Å². The average molecular weight is 521 g/mol. The van der Waals surface area contributed by atoms with Gasteiger partial charge in [0, 0.05) is 30.4 Å². The lowest BCUT2D eigenvalue weighted by atomic mass is 10.1. The van der Waals surface area contributed by atoms with Crippen LogP contribution in [0.4, 0.5) is 30.4 Å². The van der Waals surface area contributed by atoms with Gasteiger partial charge in [-0.2, -0.15) is 13.2 Å². The Morgan fingerprint density at radius 3 is 2.76 bits per heavy atom. The zero-order valence-corrected chi connectivity index (χ0v) is 20.0. The van der Waals surface area contributed by atoms with Crippen molar-refractivity contribution in [3.8, 4) is 16.9 Å². The zero-order chi connectivity index (χ0) is 26.4. The number of hydrogen-bond acceptors (Lipinski definition) is 7. The molecule has 0 radical (unpaired) electrons. The summed E-state index contributed by atoms with van der Waals surface area (Å²) in [6.45, 7) is 0.900. The van der Waals surface area contributed by atoms with Crippen molar-refractivity contribution in [3.05, 3.63) is 78.1 Å². The van der Waals surface area contributed by atoms with Crippen LogP contribution in [0.2, 0.25) is 0 Å². The number of aromatic nitrogens is 4. The molecule has 1 fully saturated rings. The first-order valence-corrected chi connectivity index (χ1v) is 12.0. The number of nitrogens with one attached hydrogen (secondary N) is 2. The van der Waals surface area contributed by atoms with Crippen LogP contribution in [-0.4, -0.2) is 44.5 Å². The molecule has 194 valence electrons. The van der Waals surface area contributed by atoms with E-state index in [-0.39, 0.29) is 18.5 Å². The minimum Gasteiger partial charge on any atom is -0.364 e. The Kier molecular flexibility index (Phi) is 5.75. The first kappa shape index (κ1) is 23.9. The summed E-state index contributed by atoms with van der Waals surface area (Å²) in [7, 11) is 0. The largest absolute Gasteiger partial charge is 0.416 e. The van der Waals surface area contributed by atoms with Crippen LogP contribution in [0.25, 0.3) is 16.9 Å². The van der Waals surface area contributed by atoms with E-state index in [4.69, 9.17) is 5.73 Å². The van der Waals surface area contributed by atoms with Crippen LogP contribution in [0, 0.1) is 0 Å². The fourth-order valence-electron chi connectivity index (χ4n) is 4.92. The number of amides is 1. The lowest BCUT2D eigenvalue weighted by Gasteiger charge is -2.30. The molecule has 1 unspecified atom stereocenters. The van der Waals surface area contributed by atoms with Crippen LogP contribution in [0.15, 0.2) is 66.9 Å². The summed E-state index contributed by atoms with van der Waals surface area (Å²) in [6.07, 6.45) is -2.14. The minimum absolute atomic E-state index is 0.0151. The SMILES string of the molecule is NCc1cn(-c2cccc(NC(=O)C3C[C@H]4CN3c3ccc(-c5cccc(C(F)(F)F)c5)nc3N4)c2)nn1. The summed E-state index contributed by atoms with van der Waals surface area (Å²) >= 11 is 0. The van der Waals surface area contributed by atoms with Crippen LogP contribution in [-0.2, 0) is 17.5 Å². The molecular formula is C26H23F3N8O. The fraction of sp³-hybridized carbons (Fsp3) is 0.231. The van der Waals surface area contributed by atoms with Gasteiger partial charge in [-0.05, 0) is 48.9 Å². The first-order chi connectivity index (χ1) is 18.3. The molecule has 4 heterocycles. The lowest BCUT2D eigenvalue weighted by Crippen LogP contribution is -2.41. The number of nitrogens with zero attached hydrogens (tertiary/aromatic N) is 5. The van der Waals surface area contributed by atoms with E-state index < -0.39 is 17.8 Å².